The maximum Gasteiger partial charge on any atom is 0.119 e. The second-order valence-corrected chi connectivity index (χ2v) is 5.28. The molecule has 0 aliphatic heterocycles. The molecule has 1 aromatic rings. The van der Waals surface area contributed by atoms with Gasteiger partial charge in [0.15, 0.2) is 0 Å². The van der Waals surface area contributed by atoms with Crippen LogP contribution in [0.2, 0.25) is 0 Å². The van der Waals surface area contributed by atoms with Crippen LogP contribution < -0.4 is 4.74 Å². The van der Waals surface area contributed by atoms with Crippen molar-refractivity contribution in [1.29, 1.82) is 0 Å². The average molecular weight is 285 g/mol. The molecule has 90 valence electrons. The Balaban J connectivity index is 2.77. The predicted octanol–water partition coefficient (Wildman–Crippen LogP) is 4.44. The van der Waals surface area contributed by atoms with E-state index in [0.717, 1.165) is 17.5 Å². The normalized spacial score (nSPS) is 14.5. The molecule has 16 heavy (non-hydrogen) atoms. The zero-order chi connectivity index (χ0) is 12.0. The summed E-state index contributed by atoms with van der Waals surface area (Å²) >= 11 is 3.63. The Morgan fingerprint density at radius 2 is 2.12 bits per heavy atom. The van der Waals surface area contributed by atoms with Crippen LogP contribution in [0.4, 0.5) is 0 Å². The first-order valence-electron chi connectivity index (χ1n) is 5.82. The fourth-order valence-corrected chi connectivity index (χ4v) is 2.56. The first kappa shape index (κ1) is 13.6. The van der Waals surface area contributed by atoms with Crippen molar-refractivity contribution in [3.8, 4) is 5.75 Å². The van der Waals surface area contributed by atoms with Gasteiger partial charge in [0, 0.05) is 5.33 Å². The number of rotatable bonds is 6. The zero-order valence-corrected chi connectivity index (χ0v) is 12.0. The minimum absolute atomic E-state index is 0.348. The van der Waals surface area contributed by atoms with Crippen LogP contribution in [0.3, 0.4) is 0 Å². The summed E-state index contributed by atoms with van der Waals surface area (Å²) in [6.45, 7) is 4.58. The van der Waals surface area contributed by atoms with Crippen LogP contribution in [0.15, 0.2) is 24.3 Å². The number of halogens is 1. The van der Waals surface area contributed by atoms with E-state index in [0.29, 0.717) is 5.41 Å². The van der Waals surface area contributed by atoms with Crippen molar-refractivity contribution in [2.75, 3.05) is 12.4 Å². The van der Waals surface area contributed by atoms with Gasteiger partial charge < -0.3 is 4.74 Å². The monoisotopic (exact) mass is 284 g/mol. The summed E-state index contributed by atoms with van der Waals surface area (Å²) in [5, 5.41) is 1.05. The van der Waals surface area contributed by atoms with Gasteiger partial charge in [-0.2, -0.15) is 0 Å². The fourth-order valence-electron chi connectivity index (χ4n) is 2.08. The topological polar surface area (TPSA) is 9.23 Å². The summed E-state index contributed by atoms with van der Waals surface area (Å²) in [7, 11) is 1.72. The summed E-state index contributed by atoms with van der Waals surface area (Å²) in [5.41, 5.74) is 1.70. The number of methoxy groups -OCH3 is 1. The summed E-state index contributed by atoms with van der Waals surface area (Å²) in [6, 6.07) is 8.37. The SMILES string of the molecule is CCCC(C)(CBr)Cc1cccc(OC)c1. The van der Waals surface area contributed by atoms with Crippen LogP contribution in [0.5, 0.6) is 5.75 Å². The Hall–Kier alpha value is -0.500. The smallest absolute Gasteiger partial charge is 0.119 e. The van der Waals surface area contributed by atoms with Crippen LogP contribution in [-0.2, 0) is 6.42 Å². The average Bonchev–Trinajstić information content (AvgIpc) is 2.29. The van der Waals surface area contributed by atoms with E-state index in [9.17, 15) is 0 Å². The predicted molar refractivity (Wildman–Crippen MR) is 73.5 cm³/mol. The van der Waals surface area contributed by atoms with Crippen LogP contribution >= 0.6 is 15.9 Å². The third kappa shape index (κ3) is 3.82. The number of hydrogen-bond donors (Lipinski definition) is 0. The Morgan fingerprint density at radius 3 is 2.69 bits per heavy atom. The van der Waals surface area contributed by atoms with Crippen molar-refractivity contribution in [1.82, 2.24) is 0 Å². The van der Waals surface area contributed by atoms with Gasteiger partial charge in [-0.25, -0.2) is 0 Å². The van der Waals surface area contributed by atoms with Crippen LogP contribution in [0, 0.1) is 5.41 Å². The molecule has 1 unspecified atom stereocenters. The summed E-state index contributed by atoms with van der Waals surface area (Å²) in [4.78, 5) is 0. The summed E-state index contributed by atoms with van der Waals surface area (Å²) < 4.78 is 5.25. The summed E-state index contributed by atoms with van der Waals surface area (Å²) in [6.07, 6.45) is 3.57. The van der Waals surface area contributed by atoms with Crippen molar-refractivity contribution >= 4 is 15.9 Å². The molecule has 0 aliphatic carbocycles. The van der Waals surface area contributed by atoms with Crippen LogP contribution in [-0.4, -0.2) is 12.4 Å². The van der Waals surface area contributed by atoms with Crippen molar-refractivity contribution in [3.63, 3.8) is 0 Å². The molecular formula is C14H21BrO. The molecule has 0 saturated carbocycles. The molecule has 0 N–H and O–H groups in total. The number of ether oxygens (including phenoxy) is 1. The van der Waals surface area contributed by atoms with E-state index in [2.05, 4.69) is 48.0 Å². The minimum atomic E-state index is 0.348. The van der Waals surface area contributed by atoms with Crippen molar-refractivity contribution < 1.29 is 4.74 Å². The van der Waals surface area contributed by atoms with E-state index < -0.39 is 0 Å². The maximum absolute atomic E-state index is 5.25. The van der Waals surface area contributed by atoms with E-state index in [1.54, 1.807) is 7.11 Å². The standard InChI is InChI=1S/C14H21BrO/c1-4-8-14(2,11-15)10-12-6-5-7-13(9-12)16-3/h5-7,9H,4,8,10-11H2,1-3H3. The third-order valence-corrected chi connectivity index (χ3v) is 4.29. The molecule has 1 rings (SSSR count). The van der Waals surface area contributed by atoms with Gasteiger partial charge in [0.2, 0.25) is 0 Å². The molecule has 0 aromatic heterocycles. The molecule has 0 aliphatic rings. The second kappa shape index (κ2) is 6.29. The van der Waals surface area contributed by atoms with Gasteiger partial charge in [-0.3, -0.25) is 0 Å². The molecule has 0 spiro atoms. The van der Waals surface area contributed by atoms with Crippen LogP contribution in [0.1, 0.15) is 32.3 Å². The van der Waals surface area contributed by atoms with Gasteiger partial charge in [-0.15, -0.1) is 0 Å². The van der Waals surface area contributed by atoms with Gasteiger partial charge in [0.1, 0.15) is 5.75 Å². The lowest BCUT2D eigenvalue weighted by Crippen LogP contribution is -2.21. The molecule has 0 saturated heterocycles. The van der Waals surface area contributed by atoms with Crippen molar-refractivity contribution in [3.05, 3.63) is 29.8 Å². The molecule has 0 radical (unpaired) electrons. The van der Waals surface area contributed by atoms with Gasteiger partial charge in [0.25, 0.3) is 0 Å². The van der Waals surface area contributed by atoms with Gasteiger partial charge in [0.05, 0.1) is 7.11 Å². The van der Waals surface area contributed by atoms with E-state index in [4.69, 9.17) is 4.74 Å². The highest BCUT2D eigenvalue weighted by atomic mass is 79.9. The molecule has 1 aromatic carbocycles. The Bertz CT molecular complexity index is 324. The van der Waals surface area contributed by atoms with Gasteiger partial charge in [-0.1, -0.05) is 48.3 Å². The van der Waals surface area contributed by atoms with Crippen molar-refractivity contribution in [2.45, 2.75) is 33.1 Å². The highest BCUT2D eigenvalue weighted by Crippen LogP contribution is 2.31. The van der Waals surface area contributed by atoms with E-state index in [1.165, 1.54) is 18.4 Å². The molecular weight excluding hydrogens is 264 g/mol. The fraction of sp³-hybridized carbons (Fsp3) is 0.571. The lowest BCUT2D eigenvalue weighted by molar-refractivity contribution is 0.339. The molecule has 0 bridgehead atoms. The number of benzene rings is 1. The zero-order valence-electron chi connectivity index (χ0n) is 10.4. The van der Waals surface area contributed by atoms with E-state index >= 15 is 0 Å². The highest BCUT2D eigenvalue weighted by Gasteiger charge is 2.22. The molecule has 2 heteroatoms. The number of alkyl halides is 1. The Labute approximate surface area is 107 Å². The minimum Gasteiger partial charge on any atom is -0.497 e. The highest BCUT2D eigenvalue weighted by molar-refractivity contribution is 9.09. The maximum atomic E-state index is 5.25. The Morgan fingerprint density at radius 1 is 1.38 bits per heavy atom. The largest absolute Gasteiger partial charge is 0.497 e. The first-order valence-corrected chi connectivity index (χ1v) is 6.94. The quantitative estimate of drug-likeness (QED) is 0.702. The lowest BCUT2D eigenvalue weighted by atomic mass is 9.82. The second-order valence-electron chi connectivity index (χ2n) is 4.72. The molecule has 0 heterocycles. The van der Waals surface area contributed by atoms with Gasteiger partial charge in [-0.05, 0) is 36.0 Å². The third-order valence-electron chi connectivity index (χ3n) is 2.94. The van der Waals surface area contributed by atoms with E-state index in [-0.39, 0.29) is 0 Å². The number of hydrogen-bond acceptors (Lipinski definition) is 1. The van der Waals surface area contributed by atoms with Crippen molar-refractivity contribution in [2.24, 2.45) is 5.41 Å². The van der Waals surface area contributed by atoms with Gasteiger partial charge >= 0.3 is 0 Å². The molecule has 0 amide bonds. The lowest BCUT2D eigenvalue weighted by Gasteiger charge is -2.27. The molecule has 0 fully saturated rings. The Kier molecular flexibility index (Phi) is 5.33. The summed E-state index contributed by atoms with van der Waals surface area (Å²) in [5.74, 6) is 0.950. The molecule has 1 atom stereocenters. The van der Waals surface area contributed by atoms with E-state index in [1.807, 2.05) is 6.07 Å². The molecule has 1 nitrogen and oxygen atoms in total. The van der Waals surface area contributed by atoms with Crippen LogP contribution in [0.25, 0.3) is 0 Å². The first-order chi connectivity index (χ1) is 7.63.